The number of aromatic nitrogens is 1. The predicted molar refractivity (Wildman–Crippen MR) is 113 cm³/mol. The van der Waals surface area contributed by atoms with Gasteiger partial charge in [-0.15, -0.1) is 0 Å². The van der Waals surface area contributed by atoms with Gasteiger partial charge in [0, 0.05) is 12.6 Å². The van der Waals surface area contributed by atoms with Gasteiger partial charge in [0.25, 0.3) is 0 Å². The third-order valence-electron chi connectivity index (χ3n) is 4.88. The molecule has 31 heavy (non-hydrogen) atoms. The summed E-state index contributed by atoms with van der Waals surface area (Å²) in [5.74, 6) is -0.205. The van der Waals surface area contributed by atoms with Crippen LogP contribution in [0.4, 0.5) is 20.7 Å². The highest BCUT2D eigenvalue weighted by molar-refractivity contribution is 5.91. The van der Waals surface area contributed by atoms with Crippen LogP contribution in [0.25, 0.3) is 0 Å². The number of ether oxygens (including phenoxy) is 2. The molecule has 3 rings (SSSR count). The number of urea groups is 1. The van der Waals surface area contributed by atoms with E-state index < -0.39 is 24.0 Å². The third-order valence-corrected chi connectivity index (χ3v) is 4.88. The maximum atomic E-state index is 14.2. The number of carbonyl (C=O) groups is 1. The zero-order valence-corrected chi connectivity index (χ0v) is 17.4. The van der Waals surface area contributed by atoms with Crippen molar-refractivity contribution in [3.63, 3.8) is 0 Å². The molecule has 1 aliphatic heterocycles. The first-order valence-corrected chi connectivity index (χ1v) is 9.99. The Kier molecular flexibility index (Phi) is 7.50. The van der Waals surface area contributed by atoms with E-state index in [-0.39, 0.29) is 31.2 Å². The minimum atomic E-state index is -0.839. The van der Waals surface area contributed by atoms with Crippen LogP contribution in [-0.2, 0) is 11.2 Å². The highest BCUT2D eigenvalue weighted by Crippen LogP contribution is 2.24. The van der Waals surface area contributed by atoms with Crippen molar-refractivity contribution in [2.45, 2.75) is 25.5 Å². The summed E-state index contributed by atoms with van der Waals surface area (Å²) in [5.41, 5.74) is 2.40. The summed E-state index contributed by atoms with van der Waals surface area (Å²) in [6, 6.07) is 4.77. The molecule has 166 valence electrons. The minimum Gasteiger partial charge on any atom is -0.494 e. The number of hydrogen-bond donors (Lipinski definition) is 5. The van der Waals surface area contributed by atoms with Crippen LogP contribution < -0.4 is 20.7 Å². The Balaban J connectivity index is 1.92. The van der Waals surface area contributed by atoms with Crippen molar-refractivity contribution in [1.29, 1.82) is 5.41 Å². The topological polar surface area (TPSA) is 133 Å². The lowest BCUT2D eigenvalue weighted by molar-refractivity contribution is -0.568. The number of aliphatic hydroxyl groups is 1. The van der Waals surface area contributed by atoms with Crippen LogP contribution in [0.5, 0.6) is 5.75 Å². The van der Waals surface area contributed by atoms with Crippen LogP contribution in [0.3, 0.4) is 0 Å². The minimum absolute atomic E-state index is 0.00975. The molecule has 1 aliphatic rings. The van der Waals surface area contributed by atoms with Gasteiger partial charge >= 0.3 is 6.03 Å². The number of hydrogen-bond acceptors (Lipinski definition) is 6. The van der Waals surface area contributed by atoms with Crippen LogP contribution in [-0.4, -0.2) is 55.3 Å². The summed E-state index contributed by atoms with van der Waals surface area (Å²) < 4.78 is 24.7. The van der Waals surface area contributed by atoms with Gasteiger partial charge in [0.1, 0.15) is 11.5 Å². The average Bonchev–Trinajstić information content (AvgIpc) is 2.73. The maximum absolute atomic E-state index is 14.2. The van der Waals surface area contributed by atoms with Crippen LogP contribution in [0, 0.1) is 11.2 Å². The van der Waals surface area contributed by atoms with E-state index in [1.54, 1.807) is 12.1 Å². The first-order chi connectivity index (χ1) is 14.9. The third kappa shape index (κ3) is 5.54. The number of methoxy groups -OCH3 is 1. The fourth-order valence-corrected chi connectivity index (χ4v) is 3.44. The molecule has 9 nitrogen and oxygen atoms in total. The molecule has 2 atom stereocenters. The standard InChI is InChI=1S/C21H26FN5O4/c1-3-24-20-13(9-23)7-19-25-16(20)8-14(28)10-31-11-17(26-21(29)27-19)12-4-5-18(30-2)15(22)6-12/h4-7,9,14,17,23-24,28H,3,8,10-11H2,1-2H3,(H2,25,26,27,29)/p+1/t14-,17-/m1/s1. The Bertz CT molecular complexity index is 956. The van der Waals surface area contributed by atoms with Gasteiger partial charge in [-0.2, -0.15) is 0 Å². The molecule has 2 bridgehead atoms. The van der Waals surface area contributed by atoms with Gasteiger partial charge in [-0.05, 0) is 30.7 Å². The average molecular weight is 432 g/mol. The van der Waals surface area contributed by atoms with Crippen molar-refractivity contribution in [1.82, 2.24) is 10.3 Å². The molecule has 0 spiro atoms. The molecule has 0 radical (unpaired) electrons. The summed E-state index contributed by atoms with van der Waals surface area (Å²) >= 11 is 0. The molecule has 1 aromatic heterocycles. The van der Waals surface area contributed by atoms with Crippen molar-refractivity contribution in [3.05, 3.63) is 46.9 Å². The molecule has 2 heterocycles. The Labute approximate surface area is 179 Å². The van der Waals surface area contributed by atoms with Gasteiger partial charge < -0.3 is 30.6 Å². The van der Waals surface area contributed by atoms with E-state index in [1.165, 1.54) is 25.5 Å². The van der Waals surface area contributed by atoms with Gasteiger partial charge in [0.15, 0.2) is 17.3 Å². The summed E-state index contributed by atoms with van der Waals surface area (Å²) in [7, 11) is 1.37. The second-order valence-corrected chi connectivity index (χ2v) is 7.15. The van der Waals surface area contributed by atoms with Gasteiger partial charge in [-0.25, -0.2) is 14.2 Å². The number of amides is 2. The smallest absolute Gasteiger partial charge is 0.320 e. The Morgan fingerprint density at radius 2 is 2.23 bits per heavy atom. The molecule has 0 saturated carbocycles. The Morgan fingerprint density at radius 3 is 2.90 bits per heavy atom. The molecule has 0 aliphatic carbocycles. The normalized spacial score (nSPS) is 19.4. The van der Waals surface area contributed by atoms with Crippen LogP contribution in [0.2, 0.25) is 0 Å². The molecule has 10 heteroatoms. The van der Waals surface area contributed by atoms with E-state index in [2.05, 4.69) is 15.6 Å². The van der Waals surface area contributed by atoms with Gasteiger partial charge in [-0.1, -0.05) is 6.07 Å². The Morgan fingerprint density at radius 1 is 1.42 bits per heavy atom. The highest BCUT2D eigenvalue weighted by atomic mass is 19.1. The van der Waals surface area contributed by atoms with Crippen molar-refractivity contribution in [2.75, 3.05) is 32.2 Å². The lowest BCUT2D eigenvalue weighted by atomic mass is 10.1. The van der Waals surface area contributed by atoms with Crippen molar-refractivity contribution in [3.8, 4) is 5.75 Å². The summed E-state index contributed by atoms with van der Waals surface area (Å²) in [6.07, 6.45) is 0.549. The number of fused-ring (bicyclic) bond motifs is 2. The number of carbonyl (C=O) groups excluding carboxylic acids is 1. The predicted octanol–water partition coefficient (Wildman–Crippen LogP) is 1.24. The number of quaternary nitrogens is 1. The molecule has 2 amide bonds. The molecule has 6 N–H and O–H groups in total. The van der Waals surface area contributed by atoms with Gasteiger partial charge in [-0.3, -0.25) is 5.32 Å². The summed E-state index contributed by atoms with van der Waals surface area (Å²) in [4.78, 5) is 17.1. The number of rotatable bonds is 5. The molecule has 2 aromatic rings. The van der Waals surface area contributed by atoms with Crippen LogP contribution in [0.1, 0.15) is 29.8 Å². The number of aliphatic hydroxyl groups excluding tert-OH is 1. The SMILES string of the molecule is CC[NH2+]c1c(C=N)cc2nc1C[C@@H](O)COC[C@H](c1ccc(OC)c(F)c1)NC(=O)N2. The van der Waals surface area contributed by atoms with Crippen LogP contribution in [0.15, 0.2) is 24.3 Å². The van der Waals surface area contributed by atoms with Gasteiger partial charge in [0.2, 0.25) is 0 Å². The number of nitrogens with zero attached hydrogens (tertiary/aromatic N) is 1. The molecule has 0 fully saturated rings. The van der Waals surface area contributed by atoms with E-state index in [4.69, 9.17) is 14.9 Å². The van der Waals surface area contributed by atoms with Crippen molar-refractivity contribution in [2.24, 2.45) is 0 Å². The summed E-state index contributed by atoms with van der Waals surface area (Å²) in [5, 5.41) is 25.5. The maximum Gasteiger partial charge on any atom is 0.320 e. The molecule has 0 saturated heterocycles. The van der Waals surface area contributed by atoms with E-state index in [9.17, 15) is 14.3 Å². The first kappa shape index (κ1) is 22.6. The fraction of sp³-hybridized carbons (Fsp3) is 0.381. The van der Waals surface area contributed by atoms with Crippen molar-refractivity contribution >= 4 is 23.8 Å². The molecular weight excluding hydrogens is 405 g/mol. The number of nitrogens with two attached hydrogens (primary N) is 1. The lowest BCUT2D eigenvalue weighted by Gasteiger charge is -2.23. The fourth-order valence-electron chi connectivity index (χ4n) is 3.44. The lowest BCUT2D eigenvalue weighted by Crippen LogP contribution is -2.78. The number of benzene rings is 1. The van der Waals surface area contributed by atoms with E-state index in [1.807, 2.05) is 12.2 Å². The molecule has 0 unspecified atom stereocenters. The quantitative estimate of drug-likeness (QED) is 0.454. The van der Waals surface area contributed by atoms with E-state index >= 15 is 0 Å². The Hall–Kier alpha value is -3.08. The number of halogens is 1. The van der Waals surface area contributed by atoms with E-state index in [0.717, 1.165) is 12.2 Å². The molecule has 1 aromatic carbocycles. The summed E-state index contributed by atoms with van der Waals surface area (Å²) in [6.45, 7) is 2.75. The monoisotopic (exact) mass is 432 g/mol. The number of pyridine rings is 1. The van der Waals surface area contributed by atoms with Gasteiger partial charge in [0.05, 0.1) is 44.6 Å². The zero-order chi connectivity index (χ0) is 22.4. The van der Waals surface area contributed by atoms with Crippen LogP contribution >= 0.6 is 0 Å². The van der Waals surface area contributed by atoms with E-state index in [0.29, 0.717) is 16.8 Å². The molecular formula is C21H27FN5O4+. The largest absolute Gasteiger partial charge is 0.494 e. The first-order valence-electron chi connectivity index (χ1n) is 9.99. The van der Waals surface area contributed by atoms with Crippen molar-refractivity contribution < 1.29 is 29.1 Å². The number of nitrogens with one attached hydrogen (secondary N) is 3. The highest BCUT2D eigenvalue weighted by Gasteiger charge is 2.23. The second kappa shape index (κ2) is 10.3. The zero-order valence-electron chi connectivity index (χ0n) is 17.4. The number of anilines is 1. The second-order valence-electron chi connectivity index (χ2n) is 7.15.